The van der Waals surface area contributed by atoms with E-state index >= 15 is 0 Å². The Hall–Kier alpha value is -1.40. The monoisotopic (exact) mass is 383 g/mol. The zero-order chi connectivity index (χ0) is 17.0. The van der Waals surface area contributed by atoms with Crippen LogP contribution in [0.4, 0.5) is 0 Å². The number of rotatable bonds is 6. The smallest absolute Gasteiger partial charge is 0.326 e. The number of hydrogen-bond acceptors (Lipinski definition) is 3. The van der Waals surface area contributed by atoms with E-state index in [-0.39, 0.29) is 5.91 Å². The van der Waals surface area contributed by atoms with Crippen LogP contribution in [-0.4, -0.2) is 40.6 Å². The summed E-state index contributed by atoms with van der Waals surface area (Å²) in [4.78, 5) is 25.7. The quantitative estimate of drug-likeness (QED) is 0.766. The Morgan fingerprint density at radius 2 is 2.22 bits per heavy atom. The first-order chi connectivity index (χ1) is 11.0. The van der Waals surface area contributed by atoms with Crippen molar-refractivity contribution in [3.05, 3.63) is 33.8 Å². The van der Waals surface area contributed by atoms with Gasteiger partial charge in [0, 0.05) is 24.0 Å². The van der Waals surface area contributed by atoms with Crippen molar-refractivity contribution >= 4 is 27.8 Å². The number of carboxylic acids is 1. The van der Waals surface area contributed by atoms with Gasteiger partial charge >= 0.3 is 5.97 Å². The maximum absolute atomic E-state index is 12.6. The van der Waals surface area contributed by atoms with Gasteiger partial charge in [-0.05, 0) is 30.5 Å². The van der Waals surface area contributed by atoms with Crippen molar-refractivity contribution in [2.45, 2.75) is 51.8 Å². The van der Waals surface area contributed by atoms with Crippen molar-refractivity contribution in [1.82, 2.24) is 4.90 Å². The third-order valence-corrected chi connectivity index (χ3v) is 4.85. The van der Waals surface area contributed by atoms with Crippen molar-refractivity contribution in [3.8, 4) is 0 Å². The molecule has 2 unspecified atom stereocenters. The van der Waals surface area contributed by atoms with Crippen LogP contribution >= 0.6 is 15.9 Å². The number of carboxylic acid groups (broad SMARTS) is 1. The number of halogens is 1. The van der Waals surface area contributed by atoms with E-state index in [0.717, 1.165) is 28.4 Å². The molecule has 126 valence electrons. The van der Waals surface area contributed by atoms with Crippen LogP contribution in [0.5, 0.6) is 0 Å². The first-order valence-corrected chi connectivity index (χ1v) is 8.66. The molecular formula is C17H22BrNO4. The van der Waals surface area contributed by atoms with E-state index in [1.165, 1.54) is 4.90 Å². The molecule has 0 fully saturated rings. The highest BCUT2D eigenvalue weighted by Gasteiger charge is 2.37. The Morgan fingerprint density at radius 3 is 2.87 bits per heavy atom. The molecule has 0 saturated carbocycles. The van der Waals surface area contributed by atoms with E-state index < -0.39 is 18.1 Å². The molecule has 1 aliphatic rings. The lowest BCUT2D eigenvalue weighted by Crippen LogP contribution is -2.52. The first kappa shape index (κ1) is 17.9. The molecule has 0 bridgehead atoms. The van der Waals surface area contributed by atoms with E-state index in [9.17, 15) is 14.7 Å². The van der Waals surface area contributed by atoms with Gasteiger partial charge in [0.1, 0.15) is 12.1 Å². The molecule has 6 heteroatoms. The van der Waals surface area contributed by atoms with Crippen LogP contribution in [0, 0.1) is 0 Å². The zero-order valence-corrected chi connectivity index (χ0v) is 15.0. The number of unbranched alkanes of at least 4 members (excludes halogenated alkanes) is 1. The number of amides is 1. The van der Waals surface area contributed by atoms with Crippen LogP contribution in [0.25, 0.3) is 0 Å². The molecular weight excluding hydrogens is 362 g/mol. The van der Waals surface area contributed by atoms with Gasteiger partial charge in [-0.2, -0.15) is 0 Å². The van der Waals surface area contributed by atoms with Gasteiger partial charge in [-0.15, -0.1) is 0 Å². The van der Waals surface area contributed by atoms with Gasteiger partial charge in [-0.25, -0.2) is 4.79 Å². The summed E-state index contributed by atoms with van der Waals surface area (Å²) in [5.74, 6) is -1.25. The molecule has 0 aliphatic carbocycles. The number of ether oxygens (including phenoxy) is 1. The van der Waals surface area contributed by atoms with Crippen molar-refractivity contribution in [3.63, 3.8) is 0 Å². The lowest BCUT2D eigenvalue weighted by molar-refractivity contribution is -0.157. The molecule has 2 atom stereocenters. The summed E-state index contributed by atoms with van der Waals surface area (Å²) in [5, 5.41) is 9.52. The highest BCUT2D eigenvalue weighted by atomic mass is 79.9. The largest absolute Gasteiger partial charge is 0.480 e. The lowest BCUT2D eigenvalue weighted by atomic mass is 9.93. The van der Waals surface area contributed by atoms with Crippen LogP contribution in [-0.2, 0) is 27.3 Å². The number of nitrogens with zero attached hydrogens (tertiary/aromatic N) is 1. The fourth-order valence-corrected chi connectivity index (χ4v) is 3.31. The summed E-state index contributed by atoms with van der Waals surface area (Å²) in [6.45, 7) is 4.55. The fourth-order valence-electron chi connectivity index (χ4n) is 2.74. The van der Waals surface area contributed by atoms with E-state index in [0.29, 0.717) is 19.6 Å². The fraction of sp³-hybridized carbons (Fsp3) is 0.529. The van der Waals surface area contributed by atoms with E-state index in [2.05, 4.69) is 22.9 Å². The van der Waals surface area contributed by atoms with Crippen molar-refractivity contribution in [2.75, 3.05) is 6.61 Å². The predicted octanol–water partition coefficient (Wildman–Crippen LogP) is 2.99. The summed E-state index contributed by atoms with van der Waals surface area (Å²) < 4.78 is 6.43. The molecule has 2 rings (SSSR count). The van der Waals surface area contributed by atoms with Gasteiger partial charge in [0.05, 0.1) is 0 Å². The summed E-state index contributed by atoms with van der Waals surface area (Å²) in [6.07, 6.45) is 1.55. The minimum Gasteiger partial charge on any atom is -0.480 e. The standard InChI is InChI=1S/C17H22BrNO4/c1-3-4-8-23-11(2)16(20)19-10-12-6-5-7-14(18)13(12)9-15(19)17(21)22/h5-7,11,15H,3-4,8-10H2,1-2H3,(H,21,22). The lowest BCUT2D eigenvalue weighted by Gasteiger charge is -2.36. The summed E-state index contributed by atoms with van der Waals surface area (Å²) >= 11 is 3.47. The average molecular weight is 384 g/mol. The van der Waals surface area contributed by atoms with Gasteiger partial charge in [0.15, 0.2) is 0 Å². The Kier molecular flexibility index (Phi) is 6.18. The molecule has 0 radical (unpaired) electrons. The maximum Gasteiger partial charge on any atom is 0.326 e. The van der Waals surface area contributed by atoms with Gasteiger partial charge < -0.3 is 14.7 Å². The van der Waals surface area contributed by atoms with Crippen LogP contribution in [0.2, 0.25) is 0 Å². The van der Waals surface area contributed by atoms with Crippen LogP contribution in [0.3, 0.4) is 0 Å². The SMILES string of the molecule is CCCCOC(C)C(=O)N1Cc2cccc(Br)c2CC1C(=O)O. The normalized spacial score (nSPS) is 18.4. The second-order valence-electron chi connectivity index (χ2n) is 5.77. The second-order valence-corrected chi connectivity index (χ2v) is 6.62. The van der Waals surface area contributed by atoms with E-state index in [1.54, 1.807) is 6.92 Å². The summed E-state index contributed by atoms with van der Waals surface area (Å²) in [6, 6.07) is 4.87. The number of aliphatic carboxylic acids is 1. The Morgan fingerprint density at radius 1 is 1.48 bits per heavy atom. The highest BCUT2D eigenvalue weighted by Crippen LogP contribution is 2.30. The zero-order valence-electron chi connectivity index (χ0n) is 13.4. The van der Waals surface area contributed by atoms with Crippen molar-refractivity contribution in [2.24, 2.45) is 0 Å². The number of hydrogen-bond donors (Lipinski definition) is 1. The van der Waals surface area contributed by atoms with Crippen LogP contribution < -0.4 is 0 Å². The topological polar surface area (TPSA) is 66.8 Å². The molecule has 1 aromatic rings. The van der Waals surface area contributed by atoms with E-state index in [1.807, 2.05) is 18.2 Å². The minimum absolute atomic E-state index is 0.265. The van der Waals surface area contributed by atoms with Gasteiger partial charge in [0.2, 0.25) is 0 Å². The molecule has 1 heterocycles. The van der Waals surface area contributed by atoms with Crippen LogP contribution in [0.1, 0.15) is 37.8 Å². The Bertz CT molecular complexity index is 590. The van der Waals surface area contributed by atoms with Crippen LogP contribution in [0.15, 0.2) is 22.7 Å². The van der Waals surface area contributed by atoms with E-state index in [4.69, 9.17) is 4.74 Å². The Balaban J connectivity index is 2.19. The number of benzene rings is 1. The number of fused-ring (bicyclic) bond motifs is 1. The minimum atomic E-state index is -0.986. The highest BCUT2D eigenvalue weighted by molar-refractivity contribution is 9.10. The number of carbonyl (C=O) groups is 2. The average Bonchev–Trinajstić information content (AvgIpc) is 2.53. The molecule has 23 heavy (non-hydrogen) atoms. The van der Waals surface area contributed by atoms with Gasteiger partial charge in [-0.1, -0.05) is 41.4 Å². The second kappa shape index (κ2) is 7.93. The Labute approximate surface area is 144 Å². The third kappa shape index (κ3) is 4.12. The van der Waals surface area contributed by atoms with Crippen molar-refractivity contribution < 1.29 is 19.4 Å². The first-order valence-electron chi connectivity index (χ1n) is 7.86. The molecule has 0 spiro atoms. The van der Waals surface area contributed by atoms with Gasteiger partial charge in [-0.3, -0.25) is 4.79 Å². The molecule has 0 aromatic heterocycles. The molecule has 1 N–H and O–H groups in total. The summed E-state index contributed by atoms with van der Waals surface area (Å²) in [5.41, 5.74) is 1.94. The van der Waals surface area contributed by atoms with Gasteiger partial charge in [0.25, 0.3) is 5.91 Å². The molecule has 1 aromatic carbocycles. The molecule has 5 nitrogen and oxygen atoms in total. The predicted molar refractivity (Wildman–Crippen MR) is 90.1 cm³/mol. The number of carbonyl (C=O) groups excluding carboxylic acids is 1. The third-order valence-electron chi connectivity index (χ3n) is 4.11. The summed E-state index contributed by atoms with van der Waals surface area (Å²) in [7, 11) is 0. The molecule has 0 saturated heterocycles. The molecule has 1 amide bonds. The van der Waals surface area contributed by atoms with Crippen molar-refractivity contribution in [1.29, 1.82) is 0 Å². The molecule has 1 aliphatic heterocycles. The maximum atomic E-state index is 12.6.